The lowest BCUT2D eigenvalue weighted by Crippen LogP contribution is -2.40. The molecule has 0 aromatic heterocycles. The SMILES string of the molecule is CC1(c2ccc(C(=O)NC3c4ccccc4CC3O)cc2)NC(=O)NC1=O. The van der Waals surface area contributed by atoms with Crippen LogP contribution in [0.4, 0.5) is 4.79 Å². The van der Waals surface area contributed by atoms with Crippen molar-refractivity contribution in [2.45, 2.75) is 31.0 Å². The van der Waals surface area contributed by atoms with Crippen LogP contribution in [-0.2, 0) is 16.8 Å². The van der Waals surface area contributed by atoms with Gasteiger partial charge in [0.2, 0.25) is 0 Å². The monoisotopic (exact) mass is 365 g/mol. The molecule has 138 valence electrons. The van der Waals surface area contributed by atoms with E-state index in [-0.39, 0.29) is 5.91 Å². The Morgan fingerprint density at radius 2 is 1.85 bits per heavy atom. The molecule has 27 heavy (non-hydrogen) atoms. The third-order valence-electron chi connectivity index (χ3n) is 5.26. The summed E-state index contributed by atoms with van der Waals surface area (Å²) in [5.74, 6) is -0.747. The van der Waals surface area contributed by atoms with Crippen LogP contribution in [0.25, 0.3) is 0 Å². The molecule has 1 fully saturated rings. The van der Waals surface area contributed by atoms with E-state index in [1.54, 1.807) is 31.2 Å². The minimum atomic E-state index is -1.16. The van der Waals surface area contributed by atoms with Crippen LogP contribution in [0.1, 0.15) is 40.0 Å². The Labute approximate surface area is 155 Å². The van der Waals surface area contributed by atoms with E-state index in [4.69, 9.17) is 0 Å². The molecule has 1 heterocycles. The van der Waals surface area contributed by atoms with Gasteiger partial charge in [0.25, 0.3) is 11.8 Å². The van der Waals surface area contributed by atoms with Crippen molar-refractivity contribution in [2.24, 2.45) is 0 Å². The van der Waals surface area contributed by atoms with Crippen molar-refractivity contribution in [3.8, 4) is 0 Å². The van der Waals surface area contributed by atoms with E-state index in [0.717, 1.165) is 11.1 Å². The number of carbonyl (C=O) groups is 3. The first kappa shape index (κ1) is 17.2. The van der Waals surface area contributed by atoms with E-state index < -0.39 is 29.6 Å². The second kappa shape index (κ2) is 6.21. The number of rotatable bonds is 3. The highest BCUT2D eigenvalue weighted by molar-refractivity contribution is 6.07. The second-order valence-corrected chi connectivity index (χ2v) is 7.03. The van der Waals surface area contributed by atoms with Crippen molar-refractivity contribution in [2.75, 3.05) is 0 Å². The molecule has 4 rings (SSSR count). The van der Waals surface area contributed by atoms with Gasteiger partial charge < -0.3 is 15.7 Å². The zero-order chi connectivity index (χ0) is 19.2. The Morgan fingerprint density at radius 3 is 2.52 bits per heavy atom. The van der Waals surface area contributed by atoms with Gasteiger partial charge in [-0.05, 0) is 35.7 Å². The van der Waals surface area contributed by atoms with Gasteiger partial charge in [0.05, 0.1) is 12.1 Å². The third kappa shape index (κ3) is 2.86. The van der Waals surface area contributed by atoms with Crippen LogP contribution in [0.15, 0.2) is 48.5 Å². The van der Waals surface area contributed by atoms with Crippen LogP contribution < -0.4 is 16.0 Å². The number of nitrogens with one attached hydrogen (secondary N) is 3. The molecule has 4 N–H and O–H groups in total. The molecule has 0 spiro atoms. The summed E-state index contributed by atoms with van der Waals surface area (Å²) in [6.07, 6.45) is -0.158. The Morgan fingerprint density at radius 1 is 1.15 bits per heavy atom. The van der Waals surface area contributed by atoms with Crippen molar-refractivity contribution in [1.29, 1.82) is 0 Å². The molecule has 0 bridgehead atoms. The standard InChI is InChI=1S/C20H19N3O4/c1-20(18(26)22-19(27)23-20)13-8-6-11(7-9-13)17(25)21-16-14-5-3-2-4-12(14)10-15(16)24/h2-9,15-16,24H,10H2,1H3,(H,21,25)(H2,22,23,26,27). The summed E-state index contributed by atoms with van der Waals surface area (Å²) in [7, 11) is 0. The number of amides is 4. The summed E-state index contributed by atoms with van der Waals surface area (Å²) >= 11 is 0. The van der Waals surface area contributed by atoms with Gasteiger partial charge >= 0.3 is 6.03 Å². The number of fused-ring (bicyclic) bond motifs is 1. The second-order valence-electron chi connectivity index (χ2n) is 7.03. The number of aliphatic hydroxyl groups is 1. The fourth-order valence-electron chi connectivity index (χ4n) is 3.67. The third-order valence-corrected chi connectivity index (χ3v) is 5.26. The number of benzene rings is 2. The highest BCUT2D eigenvalue weighted by Gasteiger charge is 2.43. The maximum absolute atomic E-state index is 12.6. The molecule has 7 heteroatoms. The van der Waals surface area contributed by atoms with E-state index in [0.29, 0.717) is 17.5 Å². The van der Waals surface area contributed by atoms with Gasteiger partial charge in [-0.3, -0.25) is 14.9 Å². The zero-order valence-electron chi connectivity index (χ0n) is 14.7. The summed E-state index contributed by atoms with van der Waals surface area (Å²) in [6.45, 7) is 1.61. The van der Waals surface area contributed by atoms with Crippen LogP contribution in [-0.4, -0.2) is 29.1 Å². The molecule has 1 saturated heterocycles. The van der Waals surface area contributed by atoms with Crippen molar-refractivity contribution in [1.82, 2.24) is 16.0 Å². The lowest BCUT2D eigenvalue weighted by atomic mass is 9.91. The molecular formula is C20H19N3O4. The molecule has 3 unspecified atom stereocenters. The topological polar surface area (TPSA) is 108 Å². The zero-order valence-corrected chi connectivity index (χ0v) is 14.7. The minimum Gasteiger partial charge on any atom is -0.390 e. The average Bonchev–Trinajstić information content (AvgIpc) is 3.11. The van der Waals surface area contributed by atoms with Gasteiger partial charge in [0, 0.05) is 12.0 Å². The number of urea groups is 1. The van der Waals surface area contributed by atoms with Crippen molar-refractivity contribution < 1.29 is 19.5 Å². The summed E-state index contributed by atoms with van der Waals surface area (Å²) in [5.41, 5.74) is 1.78. The van der Waals surface area contributed by atoms with E-state index in [1.807, 2.05) is 24.3 Å². The maximum Gasteiger partial charge on any atom is 0.322 e. The molecule has 0 saturated carbocycles. The maximum atomic E-state index is 12.6. The van der Waals surface area contributed by atoms with Crippen LogP contribution in [0.5, 0.6) is 0 Å². The average molecular weight is 365 g/mol. The van der Waals surface area contributed by atoms with Crippen molar-refractivity contribution in [3.05, 3.63) is 70.8 Å². The molecule has 0 radical (unpaired) electrons. The highest BCUT2D eigenvalue weighted by atomic mass is 16.3. The van der Waals surface area contributed by atoms with Crippen LogP contribution >= 0.6 is 0 Å². The number of imide groups is 1. The Hall–Kier alpha value is -3.19. The molecule has 2 aliphatic rings. The van der Waals surface area contributed by atoms with E-state index in [1.165, 1.54) is 0 Å². The van der Waals surface area contributed by atoms with E-state index >= 15 is 0 Å². The van der Waals surface area contributed by atoms with Gasteiger partial charge in [-0.1, -0.05) is 36.4 Å². The fourth-order valence-corrected chi connectivity index (χ4v) is 3.67. The molecule has 2 aromatic carbocycles. The first-order chi connectivity index (χ1) is 12.9. The van der Waals surface area contributed by atoms with E-state index in [2.05, 4.69) is 16.0 Å². The molecule has 3 atom stereocenters. The lowest BCUT2D eigenvalue weighted by Gasteiger charge is -2.21. The smallest absolute Gasteiger partial charge is 0.322 e. The van der Waals surface area contributed by atoms with E-state index in [9.17, 15) is 19.5 Å². The van der Waals surface area contributed by atoms with Crippen LogP contribution in [0.2, 0.25) is 0 Å². The van der Waals surface area contributed by atoms with Gasteiger partial charge in [-0.15, -0.1) is 0 Å². The molecule has 4 amide bonds. The quantitative estimate of drug-likeness (QED) is 0.612. The van der Waals surface area contributed by atoms with Gasteiger partial charge in [-0.2, -0.15) is 0 Å². The molecule has 1 aliphatic heterocycles. The van der Waals surface area contributed by atoms with Gasteiger partial charge in [0.1, 0.15) is 5.54 Å². The van der Waals surface area contributed by atoms with Gasteiger partial charge in [0.15, 0.2) is 0 Å². The number of hydrogen-bond acceptors (Lipinski definition) is 4. The van der Waals surface area contributed by atoms with Gasteiger partial charge in [-0.25, -0.2) is 4.79 Å². The van der Waals surface area contributed by atoms with Crippen LogP contribution in [0, 0.1) is 0 Å². The Bertz CT molecular complexity index is 940. The molecule has 2 aromatic rings. The van der Waals surface area contributed by atoms with Crippen molar-refractivity contribution >= 4 is 17.8 Å². The fraction of sp³-hybridized carbons (Fsp3) is 0.250. The molecule has 7 nitrogen and oxygen atoms in total. The normalized spacial score (nSPS) is 26.3. The number of carbonyl (C=O) groups excluding carboxylic acids is 3. The predicted molar refractivity (Wildman–Crippen MR) is 96.8 cm³/mol. The Balaban J connectivity index is 1.52. The number of aliphatic hydroxyl groups excluding tert-OH is 1. The summed E-state index contributed by atoms with van der Waals surface area (Å²) in [5, 5.41) is 18.0. The minimum absolute atomic E-state index is 0.313. The summed E-state index contributed by atoms with van der Waals surface area (Å²) < 4.78 is 0. The molecule has 1 aliphatic carbocycles. The predicted octanol–water partition coefficient (Wildman–Crippen LogP) is 1.13. The Kier molecular flexibility index (Phi) is 3.96. The highest BCUT2D eigenvalue weighted by Crippen LogP contribution is 2.31. The largest absolute Gasteiger partial charge is 0.390 e. The van der Waals surface area contributed by atoms with Crippen LogP contribution in [0.3, 0.4) is 0 Å². The summed E-state index contributed by atoms with van der Waals surface area (Å²) in [4.78, 5) is 36.0. The first-order valence-corrected chi connectivity index (χ1v) is 8.69. The molecular weight excluding hydrogens is 346 g/mol. The summed E-state index contributed by atoms with van der Waals surface area (Å²) in [6, 6.07) is 13.1. The lowest BCUT2D eigenvalue weighted by molar-refractivity contribution is -0.123. The number of hydrogen-bond donors (Lipinski definition) is 4. The first-order valence-electron chi connectivity index (χ1n) is 8.69. The van der Waals surface area contributed by atoms with Crippen molar-refractivity contribution in [3.63, 3.8) is 0 Å².